The Hall–Kier alpha value is -2.71. The Morgan fingerprint density at radius 3 is 2.91 bits per heavy atom. The molecule has 0 aromatic carbocycles. The SMILES string of the molecule is CCCCn1nnnc1CN1C(=O)N[C@@](C)(c2ccco2)C1=O. The van der Waals surface area contributed by atoms with Gasteiger partial charge >= 0.3 is 6.03 Å². The number of urea groups is 1. The molecule has 2 aromatic heterocycles. The smallest absolute Gasteiger partial charge is 0.325 e. The lowest BCUT2D eigenvalue weighted by Gasteiger charge is -2.18. The van der Waals surface area contributed by atoms with E-state index < -0.39 is 11.6 Å². The largest absolute Gasteiger partial charge is 0.466 e. The van der Waals surface area contributed by atoms with Gasteiger partial charge in [0.25, 0.3) is 5.91 Å². The first-order valence-electron chi connectivity index (χ1n) is 7.49. The molecule has 1 aliphatic heterocycles. The molecule has 0 saturated carbocycles. The summed E-state index contributed by atoms with van der Waals surface area (Å²) < 4.78 is 6.91. The lowest BCUT2D eigenvalue weighted by atomic mass is 9.99. The second kappa shape index (κ2) is 5.82. The molecule has 9 nitrogen and oxygen atoms in total. The van der Waals surface area contributed by atoms with Crippen molar-refractivity contribution in [3.63, 3.8) is 0 Å². The Kier molecular flexibility index (Phi) is 3.85. The number of nitrogens with one attached hydrogen (secondary N) is 1. The lowest BCUT2D eigenvalue weighted by molar-refractivity contribution is -0.132. The number of carbonyl (C=O) groups excluding carboxylic acids is 2. The molecule has 0 spiro atoms. The van der Waals surface area contributed by atoms with E-state index in [9.17, 15) is 9.59 Å². The van der Waals surface area contributed by atoms with Crippen LogP contribution in [0.3, 0.4) is 0 Å². The van der Waals surface area contributed by atoms with Crippen molar-refractivity contribution >= 4 is 11.9 Å². The molecule has 0 radical (unpaired) electrons. The molecule has 0 bridgehead atoms. The summed E-state index contributed by atoms with van der Waals surface area (Å²) in [5.74, 6) is 0.483. The van der Waals surface area contributed by atoms with Gasteiger partial charge in [-0.05, 0) is 35.9 Å². The molecule has 1 aliphatic rings. The Morgan fingerprint density at radius 2 is 2.22 bits per heavy atom. The van der Waals surface area contributed by atoms with Crippen LogP contribution in [0.4, 0.5) is 4.79 Å². The monoisotopic (exact) mass is 318 g/mol. The van der Waals surface area contributed by atoms with Crippen LogP contribution < -0.4 is 5.32 Å². The zero-order valence-corrected chi connectivity index (χ0v) is 13.0. The summed E-state index contributed by atoms with van der Waals surface area (Å²) in [5, 5.41) is 14.1. The third-order valence-electron chi connectivity index (χ3n) is 3.92. The normalized spacial score (nSPS) is 21.0. The maximum absolute atomic E-state index is 12.7. The predicted octanol–water partition coefficient (Wildman–Crippen LogP) is 1.03. The molecule has 23 heavy (non-hydrogen) atoms. The highest BCUT2D eigenvalue weighted by atomic mass is 16.3. The molecule has 3 heterocycles. The number of furan rings is 1. The van der Waals surface area contributed by atoms with E-state index in [0.29, 0.717) is 18.1 Å². The van der Waals surface area contributed by atoms with Crippen molar-refractivity contribution in [2.75, 3.05) is 0 Å². The molecular formula is C14H18N6O3. The van der Waals surface area contributed by atoms with Crippen LogP contribution in [0.2, 0.25) is 0 Å². The third-order valence-corrected chi connectivity index (χ3v) is 3.92. The minimum Gasteiger partial charge on any atom is -0.466 e. The summed E-state index contributed by atoms with van der Waals surface area (Å²) in [6, 6.07) is 2.85. The van der Waals surface area contributed by atoms with Crippen molar-refractivity contribution < 1.29 is 14.0 Å². The van der Waals surface area contributed by atoms with Gasteiger partial charge in [0.2, 0.25) is 0 Å². The number of nitrogens with zero attached hydrogens (tertiary/aromatic N) is 5. The molecule has 9 heteroatoms. The van der Waals surface area contributed by atoms with Crippen molar-refractivity contribution in [2.24, 2.45) is 0 Å². The highest BCUT2D eigenvalue weighted by molar-refractivity contribution is 6.06. The Bertz CT molecular complexity index is 710. The van der Waals surface area contributed by atoms with Gasteiger partial charge in [0.15, 0.2) is 11.4 Å². The predicted molar refractivity (Wildman–Crippen MR) is 77.9 cm³/mol. The average Bonchev–Trinajstić information content (AvgIpc) is 3.24. The van der Waals surface area contributed by atoms with Gasteiger partial charge in [0.1, 0.15) is 5.76 Å². The number of aryl methyl sites for hydroxylation is 1. The van der Waals surface area contributed by atoms with E-state index >= 15 is 0 Å². The number of hydrogen-bond acceptors (Lipinski definition) is 6. The van der Waals surface area contributed by atoms with Crippen molar-refractivity contribution in [3.05, 3.63) is 30.0 Å². The van der Waals surface area contributed by atoms with Gasteiger partial charge in [-0.1, -0.05) is 13.3 Å². The summed E-state index contributed by atoms with van der Waals surface area (Å²) in [6.45, 7) is 4.36. The third kappa shape index (κ3) is 2.58. The van der Waals surface area contributed by atoms with Crippen LogP contribution in [0.25, 0.3) is 0 Å². The highest BCUT2D eigenvalue weighted by Gasteiger charge is 2.51. The summed E-state index contributed by atoms with van der Waals surface area (Å²) >= 11 is 0. The van der Waals surface area contributed by atoms with Crippen LogP contribution in [-0.2, 0) is 23.4 Å². The molecule has 0 unspecified atom stereocenters. The molecule has 0 aliphatic carbocycles. The fraction of sp³-hybridized carbons (Fsp3) is 0.500. The molecule has 1 atom stereocenters. The minimum absolute atomic E-state index is 0.0255. The minimum atomic E-state index is -1.21. The highest BCUT2D eigenvalue weighted by Crippen LogP contribution is 2.29. The lowest BCUT2D eigenvalue weighted by Crippen LogP contribution is -2.40. The average molecular weight is 318 g/mol. The van der Waals surface area contributed by atoms with Crippen LogP contribution in [0.1, 0.15) is 38.3 Å². The molecular weight excluding hydrogens is 300 g/mol. The first-order valence-corrected chi connectivity index (χ1v) is 7.49. The first kappa shape index (κ1) is 15.2. The summed E-state index contributed by atoms with van der Waals surface area (Å²) in [7, 11) is 0. The van der Waals surface area contributed by atoms with Crippen LogP contribution in [0, 0.1) is 0 Å². The second-order valence-corrected chi connectivity index (χ2v) is 5.60. The number of rotatable bonds is 6. The van der Waals surface area contributed by atoms with E-state index in [1.54, 1.807) is 23.7 Å². The van der Waals surface area contributed by atoms with Gasteiger partial charge in [-0.15, -0.1) is 5.10 Å². The zero-order chi connectivity index (χ0) is 16.4. The van der Waals surface area contributed by atoms with E-state index in [4.69, 9.17) is 4.42 Å². The van der Waals surface area contributed by atoms with Gasteiger partial charge in [0.05, 0.1) is 12.8 Å². The molecule has 1 saturated heterocycles. The summed E-state index contributed by atoms with van der Waals surface area (Å²) in [4.78, 5) is 26.0. The number of imide groups is 1. The number of amides is 3. The fourth-order valence-electron chi connectivity index (χ4n) is 2.53. The quantitative estimate of drug-likeness (QED) is 0.797. The van der Waals surface area contributed by atoms with Gasteiger partial charge in [-0.2, -0.15) is 0 Å². The fourth-order valence-corrected chi connectivity index (χ4v) is 2.53. The molecule has 2 aromatic rings. The number of aromatic nitrogens is 4. The number of unbranched alkanes of at least 4 members (excludes halogenated alkanes) is 1. The molecule has 1 fully saturated rings. The number of carbonyl (C=O) groups is 2. The van der Waals surface area contributed by atoms with Gasteiger partial charge in [0, 0.05) is 6.54 Å². The standard InChI is InChI=1S/C14H18N6O3/c1-3-4-7-20-11(16-17-18-20)9-19-12(21)14(2,15-13(19)22)10-6-5-8-23-10/h5-6,8H,3-4,7,9H2,1-2H3,(H,15,22)/t14-/m0/s1. The van der Waals surface area contributed by atoms with Gasteiger partial charge in [-0.3, -0.25) is 9.69 Å². The van der Waals surface area contributed by atoms with Crippen LogP contribution >= 0.6 is 0 Å². The molecule has 122 valence electrons. The van der Waals surface area contributed by atoms with E-state index in [-0.39, 0.29) is 12.5 Å². The van der Waals surface area contributed by atoms with Crippen LogP contribution in [0.15, 0.2) is 22.8 Å². The van der Waals surface area contributed by atoms with E-state index in [1.165, 1.54) is 6.26 Å². The maximum Gasteiger partial charge on any atom is 0.325 e. The zero-order valence-electron chi connectivity index (χ0n) is 13.0. The van der Waals surface area contributed by atoms with Crippen molar-refractivity contribution in [1.82, 2.24) is 30.4 Å². The molecule has 1 N–H and O–H groups in total. The topological polar surface area (TPSA) is 106 Å². The molecule has 3 amide bonds. The van der Waals surface area contributed by atoms with Crippen molar-refractivity contribution in [1.29, 1.82) is 0 Å². The van der Waals surface area contributed by atoms with Crippen LogP contribution in [-0.4, -0.2) is 37.0 Å². The summed E-state index contributed by atoms with van der Waals surface area (Å²) in [6.07, 6.45) is 3.38. The van der Waals surface area contributed by atoms with Crippen molar-refractivity contribution in [3.8, 4) is 0 Å². The van der Waals surface area contributed by atoms with Gasteiger partial charge < -0.3 is 9.73 Å². The van der Waals surface area contributed by atoms with E-state index in [2.05, 4.69) is 27.8 Å². The first-order chi connectivity index (χ1) is 11.1. The Morgan fingerprint density at radius 1 is 1.39 bits per heavy atom. The number of tetrazole rings is 1. The van der Waals surface area contributed by atoms with E-state index in [1.807, 2.05) is 0 Å². The van der Waals surface area contributed by atoms with Crippen molar-refractivity contribution in [2.45, 2.75) is 45.3 Å². The maximum atomic E-state index is 12.7. The van der Waals surface area contributed by atoms with E-state index in [0.717, 1.165) is 17.7 Å². The Labute approximate surface area is 132 Å². The number of hydrogen-bond donors (Lipinski definition) is 1. The Balaban J connectivity index is 1.80. The second-order valence-electron chi connectivity index (χ2n) is 5.60. The molecule has 3 rings (SSSR count). The van der Waals surface area contributed by atoms with Gasteiger partial charge in [-0.25, -0.2) is 9.48 Å². The summed E-state index contributed by atoms with van der Waals surface area (Å²) in [5.41, 5.74) is -1.21. The van der Waals surface area contributed by atoms with Crippen LogP contribution in [0.5, 0.6) is 0 Å².